The second-order valence-electron chi connectivity index (χ2n) is 3.79. The van der Waals surface area contributed by atoms with Crippen molar-refractivity contribution in [2.75, 3.05) is 18.5 Å². The molecule has 0 aromatic heterocycles. The number of halogens is 3. The highest BCUT2D eigenvalue weighted by atomic mass is 19.2. The van der Waals surface area contributed by atoms with Crippen LogP contribution in [0.1, 0.15) is 25.7 Å². The first-order chi connectivity index (χ1) is 8.16. The maximum absolute atomic E-state index is 13.2. The highest BCUT2D eigenvalue weighted by molar-refractivity contribution is 5.45. The molecule has 0 fully saturated rings. The molecule has 0 saturated heterocycles. The minimum Gasteiger partial charge on any atom is -0.396 e. The molecule has 0 heterocycles. The summed E-state index contributed by atoms with van der Waals surface area (Å²) in [6, 6.07) is 2.08. The summed E-state index contributed by atoms with van der Waals surface area (Å²) >= 11 is 0. The lowest BCUT2D eigenvalue weighted by atomic mass is 10.2. The Labute approximate surface area is 98.5 Å². The van der Waals surface area contributed by atoms with Crippen molar-refractivity contribution >= 4 is 5.69 Å². The van der Waals surface area contributed by atoms with Gasteiger partial charge in [0.15, 0.2) is 17.5 Å². The molecule has 0 unspecified atom stereocenters. The van der Waals surface area contributed by atoms with Crippen LogP contribution in [0.3, 0.4) is 0 Å². The van der Waals surface area contributed by atoms with Gasteiger partial charge in [0.25, 0.3) is 0 Å². The van der Waals surface area contributed by atoms with E-state index in [1.807, 2.05) is 0 Å². The van der Waals surface area contributed by atoms with Gasteiger partial charge in [-0.1, -0.05) is 12.8 Å². The molecule has 2 nitrogen and oxygen atoms in total. The van der Waals surface area contributed by atoms with Gasteiger partial charge in [0.05, 0.1) is 5.69 Å². The molecule has 1 aromatic carbocycles. The maximum atomic E-state index is 13.2. The van der Waals surface area contributed by atoms with E-state index >= 15 is 0 Å². The van der Waals surface area contributed by atoms with Gasteiger partial charge >= 0.3 is 0 Å². The van der Waals surface area contributed by atoms with Crippen LogP contribution in [0.5, 0.6) is 0 Å². The molecule has 1 aromatic rings. The molecule has 0 amide bonds. The lowest BCUT2D eigenvalue weighted by Gasteiger charge is -2.08. The maximum Gasteiger partial charge on any atom is 0.196 e. The Balaban J connectivity index is 2.35. The predicted molar refractivity (Wildman–Crippen MR) is 60.4 cm³/mol. The molecular formula is C12H16F3NO. The molecule has 5 heteroatoms. The number of benzene rings is 1. The van der Waals surface area contributed by atoms with Crippen LogP contribution in [0.2, 0.25) is 0 Å². The highest BCUT2D eigenvalue weighted by Gasteiger charge is 2.12. The molecule has 0 aliphatic carbocycles. The van der Waals surface area contributed by atoms with Crippen LogP contribution < -0.4 is 5.32 Å². The molecule has 17 heavy (non-hydrogen) atoms. The number of unbranched alkanes of at least 4 members (excludes halogenated alkanes) is 3. The van der Waals surface area contributed by atoms with Crippen molar-refractivity contribution in [3.63, 3.8) is 0 Å². The third-order valence-corrected chi connectivity index (χ3v) is 2.44. The van der Waals surface area contributed by atoms with Gasteiger partial charge in [-0.3, -0.25) is 0 Å². The van der Waals surface area contributed by atoms with Gasteiger partial charge in [-0.15, -0.1) is 0 Å². The van der Waals surface area contributed by atoms with Crippen molar-refractivity contribution in [2.45, 2.75) is 25.7 Å². The zero-order valence-corrected chi connectivity index (χ0v) is 9.48. The van der Waals surface area contributed by atoms with Crippen LogP contribution >= 0.6 is 0 Å². The van der Waals surface area contributed by atoms with Crippen molar-refractivity contribution in [2.24, 2.45) is 0 Å². The molecule has 1 rings (SSSR count). The van der Waals surface area contributed by atoms with Gasteiger partial charge in [0.1, 0.15) is 0 Å². The molecule has 0 saturated carbocycles. The number of aliphatic hydroxyl groups excluding tert-OH is 1. The van der Waals surface area contributed by atoms with Crippen molar-refractivity contribution in [3.05, 3.63) is 29.6 Å². The Morgan fingerprint density at radius 1 is 0.941 bits per heavy atom. The molecule has 0 aliphatic rings. The van der Waals surface area contributed by atoms with Crippen LogP contribution in [0.25, 0.3) is 0 Å². The fourth-order valence-corrected chi connectivity index (χ4v) is 1.48. The predicted octanol–water partition coefficient (Wildman–Crippen LogP) is 3.07. The zero-order valence-electron chi connectivity index (χ0n) is 9.48. The summed E-state index contributed by atoms with van der Waals surface area (Å²) in [7, 11) is 0. The van der Waals surface area contributed by atoms with E-state index in [9.17, 15) is 13.2 Å². The van der Waals surface area contributed by atoms with Gasteiger partial charge in [0, 0.05) is 13.2 Å². The van der Waals surface area contributed by atoms with E-state index in [4.69, 9.17) is 5.11 Å². The molecule has 0 spiro atoms. The van der Waals surface area contributed by atoms with E-state index < -0.39 is 17.5 Å². The lowest BCUT2D eigenvalue weighted by molar-refractivity contribution is 0.283. The topological polar surface area (TPSA) is 32.3 Å². The average molecular weight is 247 g/mol. The number of anilines is 1. The van der Waals surface area contributed by atoms with E-state index in [2.05, 4.69) is 5.32 Å². The van der Waals surface area contributed by atoms with E-state index in [0.717, 1.165) is 31.7 Å². The second kappa shape index (κ2) is 7.17. The van der Waals surface area contributed by atoms with Crippen molar-refractivity contribution in [1.29, 1.82) is 0 Å². The standard InChI is InChI=1S/C12H16F3NO/c13-9-5-6-10(12(15)11(9)14)16-7-3-1-2-4-8-17/h5-6,16-17H,1-4,7-8H2. The van der Waals surface area contributed by atoms with Crippen LogP contribution in [0.4, 0.5) is 18.9 Å². The molecule has 96 valence electrons. The highest BCUT2D eigenvalue weighted by Crippen LogP contribution is 2.19. The third kappa shape index (κ3) is 4.26. The van der Waals surface area contributed by atoms with Gasteiger partial charge in [0.2, 0.25) is 0 Å². The number of rotatable bonds is 7. The quantitative estimate of drug-likeness (QED) is 0.573. The molecule has 0 aliphatic heterocycles. The molecular weight excluding hydrogens is 231 g/mol. The van der Waals surface area contributed by atoms with E-state index in [0.29, 0.717) is 6.54 Å². The van der Waals surface area contributed by atoms with E-state index in [-0.39, 0.29) is 12.3 Å². The van der Waals surface area contributed by atoms with Crippen LogP contribution in [0, 0.1) is 17.5 Å². The number of hydrogen-bond acceptors (Lipinski definition) is 2. The summed E-state index contributed by atoms with van der Waals surface area (Å²) in [5, 5.41) is 11.3. The lowest BCUT2D eigenvalue weighted by Crippen LogP contribution is -2.05. The van der Waals surface area contributed by atoms with Crippen molar-refractivity contribution in [1.82, 2.24) is 0 Å². The Morgan fingerprint density at radius 3 is 2.35 bits per heavy atom. The Kier molecular flexibility index (Phi) is 5.83. The van der Waals surface area contributed by atoms with Crippen molar-refractivity contribution in [3.8, 4) is 0 Å². The molecule has 0 atom stereocenters. The normalized spacial score (nSPS) is 10.6. The largest absolute Gasteiger partial charge is 0.396 e. The fraction of sp³-hybridized carbons (Fsp3) is 0.500. The molecule has 0 bridgehead atoms. The SMILES string of the molecule is OCCCCCCNc1ccc(F)c(F)c1F. The van der Waals surface area contributed by atoms with Crippen molar-refractivity contribution < 1.29 is 18.3 Å². The van der Waals surface area contributed by atoms with Gasteiger partial charge in [-0.2, -0.15) is 0 Å². The van der Waals surface area contributed by atoms with E-state index in [1.54, 1.807) is 0 Å². The van der Waals surface area contributed by atoms with Crippen LogP contribution in [-0.2, 0) is 0 Å². The summed E-state index contributed by atoms with van der Waals surface area (Å²) in [5.74, 6) is -3.81. The summed E-state index contributed by atoms with van der Waals surface area (Å²) in [4.78, 5) is 0. The molecule has 0 radical (unpaired) electrons. The summed E-state index contributed by atoms with van der Waals surface area (Å²) in [5.41, 5.74) is -0.0222. The summed E-state index contributed by atoms with van der Waals surface area (Å²) in [6.45, 7) is 0.665. The Bertz CT molecular complexity index is 358. The van der Waals surface area contributed by atoms with Gasteiger partial charge < -0.3 is 10.4 Å². The third-order valence-electron chi connectivity index (χ3n) is 2.44. The minimum absolute atomic E-state index is 0.0222. The minimum atomic E-state index is -1.45. The van der Waals surface area contributed by atoms with Gasteiger partial charge in [-0.25, -0.2) is 13.2 Å². The number of aliphatic hydroxyl groups is 1. The average Bonchev–Trinajstić information content (AvgIpc) is 2.33. The smallest absolute Gasteiger partial charge is 0.196 e. The van der Waals surface area contributed by atoms with Crippen LogP contribution in [-0.4, -0.2) is 18.3 Å². The first-order valence-electron chi connectivity index (χ1n) is 5.65. The second-order valence-corrected chi connectivity index (χ2v) is 3.79. The molecule has 2 N–H and O–H groups in total. The number of hydrogen-bond donors (Lipinski definition) is 2. The monoisotopic (exact) mass is 247 g/mol. The summed E-state index contributed by atoms with van der Waals surface area (Å²) in [6.07, 6.45) is 3.34. The van der Waals surface area contributed by atoms with Crippen LogP contribution in [0.15, 0.2) is 12.1 Å². The Morgan fingerprint density at radius 2 is 1.65 bits per heavy atom. The fourth-order valence-electron chi connectivity index (χ4n) is 1.48. The van der Waals surface area contributed by atoms with Gasteiger partial charge in [-0.05, 0) is 25.0 Å². The van der Waals surface area contributed by atoms with E-state index in [1.165, 1.54) is 6.07 Å². The first-order valence-corrected chi connectivity index (χ1v) is 5.65. The Hall–Kier alpha value is -1.23. The zero-order chi connectivity index (χ0) is 12.7. The number of nitrogens with one attached hydrogen (secondary N) is 1. The first kappa shape index (κ1) is 13.8. The summed E-state index contributed by atoms with van der Waals surface area (Å²) < 4.78 is 38.7.